The predicted molar refractivity (Wildman–Crippen MR) is 160 cm³/mol. The molecule has 0 spiro atoms. The van der Waals surface area contributed by atoms with Crippen molar-refractivity contribution in [3.8, 4) is 0 Å². The van der Waals surface area contributed by atoms with Crippen molar-refractivity contribution in [3.05, 3.63) is 113 Å². The molecule has 2 saturated heterocycles. The van der Waals surface area contributed by atoms with Gasteiger partial charge in [-0.2, -0.15) is 0 Å². The summed E-state index contributed by atoms with van der Waals surface area (Å²) >= 11 is 0. The molecular weight excluding hydrogens is 514 g/mol. The smallest absolute Gasteiger partial charge is 0.190 e. The summed E-state index contributed by atoms with van der Waals surface area (Å²) in [5, 5.41) is 0. The fraction of sp³-hybridized carbons (Fsp3) is 0.400. The van der Waals surface area contributed by atoms with Gasteiger partial charge in [0.15, 0.2) is 12.1 Å². The van der Waals surface area contributed by atoms with Crippen LogP contribution in [-0.4, -0.2) is 48.7 Å². The molecule has 0 aromatic heterocycles. The SMILES string of the molecule is CC1(C)O[C@H]2O[C@H]([C@@H]3CN=C(c4ccccc4)C=C(c4ccc(C(C)(C)C)cc4)O3)[C@H](OCc3ccccc3)[C@H]2O1. The minimum atomic E-state index is -0.753. The molecule has 3 aromatic carbocycles. The lowest BCUT2D eigenvalue weighted by molar-refractivity contribution is -0.229. The van der Waals surface area contributed by atoms with E-state index in [1.807, 2.05) is 56.3 Å². The summed E-state index contributed by atoms with van der Waals surface area (Å²) < 4.78 is 32.3. The summed E-state index contributed by atoms with van der Waals surface area (Å²) in [5.74, 6) is -0.00233. The normalized spacial score (nSPS) is 27.4. The van der Waals surface area contributed by atoms with Gasteiger partial charge >= 0.3 is 0 Å². The molecule has 3 heterocycles. The molecule has 3 aromatic rings. The van der Waals surface area contributed by atoms with Crippen molar-refractivity contribution < 1.29 is 23.7 Å². The molecule has 6 nitrogen and oxygen atoms in total. The highest BCUT2D eigenvalue weighted by Crippen LogP contribution is 2.41. The Morgan fingerprint density at radius 2 is 1.51 bits per heavy atom. The van der Waals surface area contributed by atoms with Crippen LogP contribution in [0.3, 0.4) is 0 Å². The second-order valence-electron chi connectivity index (χ2n) is 12.4. The quantitative estimate of drug-likeness (QED) is 0.341. The van der Waals surface area contributed by atoms with Crippen LogP contribution in [0.25, 0.3) is 5.76 Å². The average molecular weight is 554 g/mol. The summed E-state index contributed by atoms with van der Waals surface area (Å²) in [4.78, 5) is 5.03. The van der Waals surface area contributed by atoms with E-state index in [1.54, 1.807) is 0 Å². The number of hydrogen-bond acceptors (Lipinski definition) is 6. The van der Waals surface area contributed by atoms with Crippen LogP contribution in [0, 0.1) is 0 Å². The number of nitrogens with zero attached hydrogens (tertiary/aromatic N) is 1. The Hall–Kier alpha value is -3.29. The highest BCUT2D eigenvalue weighted by atomic mass is 16.8. The number of hydrogen-bond donors (Lipinski definition) is 0. The number of ether oxygens (including phenoxy) is 5. The maximum atomic E-state index is 6.79. The zero-order valence-corrected chi connectivity index (χ0v) is 24.4. The number of aliphatic imine (C=N–C) groups is 1. The first-order valence-electron chi connectivity index (χ1n) is 14.4. The Labute approximate surface area is 243 Å². The lowest BCUT2D eigenvalue weighted by Gasteiger charge is -2.31. The Balaban J connectivity index is 1.32. The first kappa shape index (κ1) is 27.9. The molecule has 3 aliphatic heterocycles. The van der Waals surface area contributed by atoms with E-state index in [2.05, 4.69) is 69.3 Å². The van der Waals surface area contributed by atoms with Crippen molar-refractivity contribution in [1.82, 2.24) is 0 Å². The molecular formula is C35H39NO5. The van der Waals surface area contributed by atoms with E-state index in [0.29, 0.717) is 13.2 Å². The van der Waals surface area contributed by atoms with Crippen LogP contribution in [-0.2, 0) is 35.7 Å². The van der Waals surface area contributed by atoms with Gasteiger partial charge < -0.3 is 23.7 Å². The van der Waals surface area contributed by atoms with Gasteiger partial charge in [-0.1, -0.05) is 106 Å². The van der Waals surface area contributed by atoms with Gasteiger partial charge in [-0.15, -0.1) is 0 Å². The lowest BCUT2D eigenvalue weighted by Crippen LogP contribution is -2.44. The number of rotatable bonds is 6. The van der Waals surface area contributed by atoms with Crippen molar-refractivity contribution in [2.45, 2.75) is 83.1 Å². The second kappa shape index (κ2) is 11.2. The summed E-state index contributed by atoms with van der Waals surface area (Å²) in [7, 11) is 0. The largest absolute Gasteiger partial charge is 0.485 e. The number of fused-ring (bicyclic) bond motifs is 1. The zero-order chi connectivity index (χ0) is 28.6. The van der Waals surface area contributed by atoms with E-state index in [-0.39, 0.29) is 11.5 Å². The lowest BCUT2D eigenvalue weighted by atomic mass is 9.86. The van der Waals surface area contributed by atoms with Crippen molar-refractivity contribution in [1.29, 1.82) is 0 Å². The maximum absolute atomic E-state index is 6.79. The third-order valence-corrected chi connectivity index (χ3v) is 7.77. The Morgan fingerprint density at radius 3 is 2.20 bits per heavy atom. The molecule has 0 amide bonds. The summed E-state index contributed by atoms with van der Waals surface area (Å²) in [6.07, 6.45) is -0.134. The fourth-order valence-electron chi connectivity index (χ4n) is 5.59. The van der Waals surface area contributed by atoms with Crippen LogP contribution < -0.4 is 0 Å². The van der Waals surface area contributed by atoms with E-state index in [0.717, 1.165) is 28.2 Å². The van der Waals surface area contributed by atoms with Crippen LogP contribution in [0.15, 0.2) is 96.0 Å². The zero-order valence-electron chi connectivity index (χ0n) is 24.4. The van der Waals surface area contributed by atoms with Crippen molar-refractivity contribution in [2.24, 2.45) is 4.99 Å². The van der Waals surface area contributed by atoms with Crippen molar-refractivity contribution >= 4 is 11.5 Å². The molecule has 41 heavy (non-hydrogen) atoms. The second-order valence-corrected chi connectivity index (χ2v) is 12.4. The highest BCUT2D eigenvalue weighted by Gasteiger charge is 2.58. The van der Waals surface area contributed by atoms with Crippen molar-refractivity contribution in [2.75, 3.05) is 6.54 Å². The van der Waals surface area contributed by atoms with Crippen molar-refractivity contribution in [3.63, 3.8) is 0 Å². The van der Waals surface area contributed by atoms with Crippen LogP contribution in [0.4, 0.5) is 0 Å². The van der Waals surface area contributed by atoms with E-state index in [4.69, 9.17) is 28.7 Å². The third kappa shape index (κ3) is 6.16. The number of allylic oxidation sites excluding steroid dienone is 1. The third-order valence-electron chi connectivity index (χ3n) is 7.77. The molecule has 0 unspecified atom stereocenters. The van der Waals surface area contributed by atoms with Gasteiger partial charge in [0.25, 0.3) is 0 Å². The van der Waals surface area contributed by atoms with Crippen LogP contribution in [0.1, 0.15) is 56.9 Å². The monoisotopic (exact) mass is 553 g/mol. The number of benzene rings is 3. The average Bonchev–Trinajstić information content (AvgIpc) is 3.33. The fourth-order valence-corrected chi connectivity index (χ4v) is 5.59. The Bertz CT molecular complexity index is 1390. The maximum Gasteiger partial charge on any atom is 0.190 e. The van der Waals surface area contributed by atoms with Gasteiger partial charge in [-0.05, 0) is 36.0 Å². The van der Waals surface area contributed by atoms with E-state index >= 15 is 0 Å². The molecule has 0 saturated carbocycles. The molecule has 6 rings (SSSR count). The van der Waals surface area contributed by atoms with Gasteiger partial charge in [0.1, 0.15) is 30.2 Å². The van der Waals surface area contributed by atoms with Gasteiger partial charge in [0.2, 0.25) is 0 Å². The minimum absolute atomic E-state index is 0.0585. The highest BCUT2D eigenvalue weighted by molar-refractivity contribution is 6.12. The molecule has 0 bridgehead atoms. The molecule has 2 fully saturated rings. The van der Waals surface area contributed by atoms with E-state index in [9.17, 15) is 0 Å². The van der Waals surface area contributed by atoms with Gasteiger partial charge in [-0.3, -0.25) is 4.99 Å². The molecule has 6 heteroatoms. The Morgan fingerprint density at radius 1 is 0.829 bits per heavy atom. The molecule has 0 radical (unpaired) electrons. The Kier molecular flexibility index (Phi) is 7.60. The minimum Gasteiger partial charge on any atom is -0.485 e. The van der Waals surface area contributed by atoms with Gasteiger partial charge in [0.05, 0.1) is 18.9 Å². The van der Waals surface area contributed by atoms with Gasteiger partial charge in [0, 0.05) is 11.6 Å². The molecule has 0 N–H and O–H groups in total. The van der Waals surface area contributed by atoms with E-state index in [1.165, 1.54) is 5.56 Å². The van der Waals surface area contributed by atoms with Crippen LogP contribution in [0.5, 0.6) is 0 Å². The first-order valence-corrected chi connectivity index (χ1v) is 14.4. The topological polar surface area (TPSA) is 58.5 Å². The molecule has 5 atom stereocenters. The molecule has 0 aliphatic carbocycles. The predicted octanol–water partition coefficient (Wildman–Crippen LogP) is 6.67. The van der Waals surface area contributed by atoms with Crippen LogP contribution in [0.2, 0.25) is 0 Å². The first-order chi connectivity index (χ1) is 19.7. The van der Waals surface area contributed by atoms with Crippen LogP contribution >= 0.6 is 0 Å². The summed E-state index contributed by atoms with van der Waals surface area (Å²) in [5.41, 5.74) is 5.30. The molecule has 3 aliphatic rings. The summed E-state index contributed by atoms with van der Waals surface area (Å²) in [6.45, 7) is 11.3. The van der Waals surface area contributed by atoms with Gasteiger partial charge in [-0.25, -0.2) is 0 Å². The standard InChI is InChI=1S/C35H39NO5/c1-34(2,3)26-18-16-25(17-19-26)28-20-27(24-14-10-7-11-15-24)36-21-29(38-28)30-31(37-22-23-12-8-6-9-13-23)32-33(39-30)41-35(4,5)40-32/h6-20,29-33H,21-22H2,1-5H3/t29-,30+,31-,32+,33+/m0/s1. The van der Waals surface area contributed by atoms with E-state index < -0.39 is 30.4 Å². The summed E-state index contributed by atoms with van der Waals surface area (Å²) in [6, 6.07) is 28.9. The molecule has 214 valence electrons.